The van der Waals surface area contributed by atoms with E-state index in [1.54, 1.807) is 49.6 Å². The molecule has 7 heteroatoms. The summed E-state index contributed by atoms with van der Waals surface area (Å²) in [6.45, 7) is 0. The maximum Gasteiger partial charge on any atom is 0.287 e. The van der Waals surface area contributed by atoms with Crippen LogP contribution in [0.4, 0.5) is 0 Å². The Morgan fingerprint density at radius 1 is 0.935 bits per heavy atom. The van der Waals surface area contributed by atoms with Gasteiger partial charge in [0.2, 0.25) is 0 Å². The zero-order valence-corrected chi connectivity index (χ0v) is 18.3. The predicted octanol–water partition coefficient (Wildman–Crippen LogP) is 4.38. The van der Waals surface area contributed by atoms with Crippen LogP contribution in [-0.4, -0.2) is 25.1 Å². The largest absolute Gasteiger partial charge is 0.496 e. The van der Waals surface area contributed by atoms with Crippen LogP contribution < -0.4 is 15.5 Å². The molecule has 0 saturated carbocycles. The van der Waals surface area contributed by atoms with Gasteiger partial charge in [-0.3, -0.25) is 9.59 Å². The summed E-state index contributed by atoms with van der Waals surface area (Å²) in [7, 11) is 1.58. The molecule has 156 valence electrons. The zero-order chi connectivity index (χ0) is 22.1. The Kier molecular flexibility index (Phi) is 7.73. The maximum absolute atomic E-state index is 12.7. The SMILES string of the molecule is COc1ccc(C=NNC(=O)/C(=C/c2ccccc2)NC(=O)c2ccccc2)cc1Br. The van der Waals surface area contributed by atoms with Crippen LogP contribution in [0.25, 0.3) is 6.08 Å². The summed E-state index contributed by atoms with van der Waals surface area (Å²) in [6.07, 6.45) is 3.09. The molecule has 0 radical (unpaired) electrons. The lowest BCUT2D eigenvalue weighted by Gasteiger charge is -2.09. The first-order chi connectivity index (χ1) is 15.1. The van der Waals surface area contributed by atoms with Crippen molar-refractivity contribution >= 4 is 40.0 Å². The van der Waals surface area contributed by atoms with Gasteiger partial charge in [-0.05, 0) is 63.5 Å². The number of nitrogens with zero attached hydrogens (tertiary/aromatic N) is 1. The number of nitrogens with one attached hydrogen (secondary N) is 2. The highest BCUT2D eigenvalue weighted by Gasteiger charge is 2.14. The molecule has 0 aromatic heterocycles. The van der Waals surface area contributed by atoms with Crippen LogP contribution in [0, 0.1) is 0 Å². The van der Waals surface area contributed by atoms with Crippen LogP contribution in [0.15, 0.2) is 94.1 Å². The standard InChI is InChI=1S/C24H20BrN3O3/c1-31-22-13-12-18(14-20(22)25)16-26-28-24(30)21(15-17-8-4-2-5-9-17)27-23(29)19-10-6-3-7-11-19/h2-16H,1H3,(H,27,29)(H,28,30)/b21-15-,26-16?. The van der Waals surface area contributed by atoms with Gasteiger partial charge in [-0.25, -0.2) is 5.43 Å². The lowest BCUT2D eigenvalue weighted by molar-refractivity contribution is -0.117. The van der Waals surface area contributed by atoms with Gasteiger partial charge in [0.1, 0.15) is 11.4 Å². The fourth-order valence-electron chi connectivity index (χ4n) is 2.65. The number of amides is 2. The molecule has 0 unspecified atom stereocenters. The Morgan fingerprint density at radius 3 is 2.26 bits per heavy atom. The van der Waals surface area contributed by atoms with Crippen LogP contribution in [0.3, 0.4) is 0 Å². The van der Waals surface area contributed by atoms with Gasteiger partial charge in [0.25, 0.3) is 11.8 Å². The number of hydrogen-bond acceptors (Lipinski definition) is 4. The molecular formula is C24H20BrN3O3. The Morgan fingerprint density at radius 2 is 1.61 bits per heavy atom. The highest BCUT2D eigenvalue weighted by molar-refractivity contribution is 9.10. The van der Waals surface area contributed by atoms with Crippen molar-refractivity contribution in [3.8, 4) is 5.75 Å². The molecule has 6 nitrogen and oxygen atoms in total. The fourth-order valence-corrected chi connectivity index (χ4v) is 3.21. The summed E-state index contributed by atoms with van der Waals surface area (Å²) < 4.78 is 5.96. The number of rotatable bonds is 7. The van der Waals surface area contributed by atoms with Crippen molar-refractivity contribution in [2.75, 3.05) is 7.11 Å². The molecular weight excluding hydrogens is 458 g/mol. The van der Waals surface area contributed by atoms with E-state index < -0.39 is 5.91 Å². The molecule has 0 saturated heterocycles. The average Bonchev–Trinajstić information content (AvgIpc) is 2.80. The van der Waals surface area contributed by atoms with Crippen LogP contribution in [0.2, 0.25) is 0 Å². The highest BCUT2D eigenvalue weighted by Crippen LogP contribution is 2.24. The summed E-state index contributed by atoms with van der Waals surface area (Å²) in [5.41, 5.74) is 4.51. The lowest BCUT2D eigenvalue weighted by atomic mass is 10.1. The van der Waals surface area contributed by atoms with Crippen LogP contribution in [-0.2, 0) is 4.79 Å². The molecule has 3 aromatic carbocycles. The molecule has 0 heterocycles. The molecule has 0 fully saturated rings. The van der Waals surface area contributed by atoms with E-state index in [0.717, 1.165) is 15.6 Å². The Labute approximate surface area is 188 Å². The molecule has 0 spiro atoms. The first-order valence-corrected chi connectivity index (χ1v) is 10.2. The summed E-state index contributed by atoms with van der Waals surface area (Å²) in [5.74, 6) is -0.240. The van der Waals surface area contributed by atoms with Gasteiger partial charge in [-0.15, -0.1) is 0 Å². The van der Waals surface area contributed by atoms with E-state index >= 15 is 0 Å². The molecule has 2 amide bonds. The topological polar surface area (TPSA) is 79.8 Å². The molecule has 0 aliphatic heterocycles. The first-order valence-electron chi connectivity index (χ1n) is 9.37. The minimum atomic E-state index is -0.544. The number of benzene rings is 3. The van der Waals surface area contributed by atoms with Gasteiger partial charge >= 0.3 is 0 Å². The third kappa shape index (κ3) is 6.38. The molecule has 0 bridgehead atoms. The van der Waals surface area contributed by atoms with E-state index in [-0.39, 0.29) is 11.6 Å². The molecule has 0 aliphatic carbocycles. The van der Waals surface area contributed by atoms with Crippen molar-refractivity contribution in [2.24, 2.45) is 5.10 Å². The van der Waals surface area contributed by atoms with E-state index in [1.165, 1.54) is 6.21 Å². The predicted molar refractivity (Wildman–Crippen MR) is 125 cm³/mol. The maximum atomic E-state index is 12.7. The van der Waals surface area contributed by atoms with Gasteiger partial charge in [0, 0.05) is 5.56 Å². The van der Waals surface area contributed by atoms with Gasteiger partial charge in [-0.2, -0.15) is 5.10 Å². The highest BCUT2D eigenvalue weighted by atomic mass is 79.9. The average molecular weight is 478 g/mol. The second-order valence-corrected chi connectivity index (χ2v) is 7.24. The number of ether oxygens (including phenoxy) is 1. The van der Waals surface area contributed by atoms with Crippen molar-refractivity contribution in [2.45, 2.75) is 0 Å². The van der Waals surface area contributed by atoms with Crippen molar-refractivity contribution in [3.63, 3.8) is 0 Å². The summed E-state index contributed by atoms with van der Waals surface area (Å²) in [4.78, 5) is 25.3. The van der Waals surface area contributed by atoms with Gasteiger partial charge in [0.15, 0.2) is 0 Å². The summed E-state index contributed by atoms with van der Waals surface area (Å²) in [6, 6.07) is 23.3. The molecule has 0 aliphatic rings. The van der Waals surface area contributed by atoms with Crippen LogP contribution >= 0.6 is 15.9 Å². The Hall–Kier alpha value is -3.71. The third-order valence-electron chi connectivity index (χ3n) is 4.19. The summed E-state index contributed by atoms with van der Waals surface area (Å²) >= 11 is 3.41. The van der Waals surface area contributed by atoms with Crippen molar-refractivity contribution < 1.29 is 14.3 Å². The fraction of sp³-hybridized carbons (Fsp3) is 0.0417. The lowest BCUT2D eigenvalue weighted by Crippen LogP contribution is -2.32. The molecule has 0 atom stereocenters. The monoisotopic (exact) mass is 477 g/mol. The zero-order valence-electron chi connectivity index (χ0n) is 16.7. The van der Waals surface area contributed by atoms with Gasteiger partial charge in [-0.1, -0.05) is 48.5 Å². The van der Waals surface area contributed by atoms with Gasteiger partial charge < -0.3 is 10.1 Å². The smallest absolute Gasteiger partial charge is 0.287 e. The normalized spacial score (nSPS) is 11.2. The third-order valence-corrected chi connectivity index (χ3v) is 4.81. The molecule has 3 aromatic rings. The van der Waals surface area contributed by atoms with E-state index in [2.05, 4.69) is 31.8 Å². The number of carbonyl (C=O) groups excluding carboxylic acids is 2. The number of methoxy groups -OCH3 is 1. The van der Waals surface area contributed by atoms with Crippen LogP contribution in [0.5, 0.6) is 5.75 Å². The Balaban J connectivity index is 1.76. The number of hydrazone groups is 1. The Bertz CT molecular complexity index is 1110. The van der Waals surface area contributed by atoms with E-state index in [0.29, 0.717) is 11.3 Å². The van der Waals surface area contributed by atoms with Crippen molar-refractivity contribution in [1.82, 2.24) is 10.7 Å². The van der Waals surface area contributed by atoms with E-state index in [9.17, 15) is 9.59 Å². The minimum absolute atomic E-state index is 0.0770. The second-order valence-electron chi connectivity index (χ2n) is 6.38. The van der Waals surface area contributed by atoms with Crippen molar-refractivity contribution in [1.29, 1.82) is 0 Å². The second kappa shape index (κ2) is 10.9. The quantitative estimate of drug-likeness (QED) is 0.301. The van der Waals surface area contributed by atoms with Gasteiger partial charge in [0.05, 0.1) is 17.8 Å². The van der Waals surface area contributed by atoms with E-state index in [4.69, 9.17) is 4.74 Å². The molecule has 31 heavy (non-hydrogen) atoms. The number of hydrogen-bond donors (Lipinski definition) is 2. The molecule has 2 N–H and O–H groups in total. The number of halogens is 1. The number of carbonyl (C=O) groups is 2. The molecule has 3 rings (SSSR count). The van der Waals surface area contributed by atoms with Crippen LogP contribution in [0.1, 0.15) is 21.5 Å². The van der Waals surface area contributed by atoms with E-state index in [1.807, 2.05) is 42.5 Å². The summed E-state index contributed by atoms with van der Waals surface area (Å²) in [5, 5.41) is 6.67. The minimum Gasteiger partial charge on any atom is -0.496 e. The van der Waals surface area contributed by atoms with Crippen molar-refractivity contribution in [3.05, 3.63) is 106 Å². The first kappa shape index (κ1) is 22.0.